The first-order valence-electron chi connectivity index (χ1n) is 11.5. The molecule has 4 N–H and O–H groups in total. The fraction of sp³-hybridized carbons (Fsp3) is 0.955. The number of aliphatic hydroxyl groups is 4. The van der Waals surface area contributed by atoms with E-state index in [0.29, 0.717) is 6.42 Å². The molecule has 0 saturated carbocycles. The monoisotopic (exact) mass is 418 g/mol. The molecule has 0 aromatic carbocycles. The molecule has 0 aromatic rings. The van der Waals surface area contributed by atoms with Crippen molar-refractivity contribution in [3.8, 4) is 0 Å². The van der Waals surface area contributed by atoms with Gasteiger partial charge in [-0.2, -0.15) is 0 Å². The number of unbranched alkanes of at least 4 members (excludes halogenated alkanes) is 12. The predicted octanol–water partition coefficient (Wildman–Crippen LogP) is 2.81. The van der Waals surface area contributed by atoms with Crippen LogP contribution in [0.1, 0.15) is 96.8 Å². The second-order valence-electron chi connectivity index (χ2n) is 8.18. The maximum atomic E-state index is 12.0. The summed E-state index contributed by atoms with van der Waals surface area (Å²) in [7, 11) is 0. The van der Waals surface area contributed by atoms with Crippen LogP contribution in [0.3, 0.4) is 0 Å². The summed E-state index contributed by atoms with van der Waals surface area (Å²) in [6.07, 6.45) is 9.13. The lowest BCUT2D eigenvalue weighted by atomic mass is 9.99. The number of ether oxygens (including phenoxy) is 2. The summed E-state index contributed by atoms with van der Waals surface area (Å²) < 4.78 is 10.2. The Morgan fingerprint density at radius 3 is 1.76 bits per heavy atom. The van der Waals surface area contributed by atoms with Crippen LogP contribution in [0, 0.1) is 0 Å². The van der Waals surface area contributed by atoms with E-state index in [1.54, 1.807) is 0 Å². The van der Waals surface area contributed by atoms with E-state index < -0.39 is 43.3 Å². The highest BCUT2D eigenvalue weighted by Crippen LogP contribution is 2.23. The summed E-state index contributed by atoms with van der Waals surface area (Å²) in [4.78, 5) is 12.0. The van der Waals surface area contributed by atoms with Crippen LogP contribution in [-0.4, -0.2) is 63.7 Å². The Hall–Kier alpha value is -0.730. The summed E-state index contributed by atoms with van der Waals surface area (Å²) in [6, 6.07) is 0. The van der Waals surface area contributed by atoms with Crippen LogP contribution in [0.5, 0.6) is 0 Å². The molecule has 1 aliphatic heterocycles. The highest BCUT2D eigenvalue weighted by atomic mass is 16.7. The number of rotatable bonds is 16. The first kappa shape index (κ1) is 26.3. The summed E-state index contributed by atoms with van der Waals surface area (Å²) in [5.74, 6) is -0.497. The fourth-order valence-electron chi connectivity index (χ4n) is 3.71. The molecular weight excluding hydrogens is 376 g/mol. The molecule has 0 aromatic heterocycles. The van der Waals surface area contributed by atoms with Crippen LogP contribution in [0.15, 0.2) is 0 Å². The number of hydrogen-bond acceptors (Lipinski definition) is 7. The molecule has 1 heterocycles. The van der Waals surface area contributed by atoms with Gasteiger partial charge in [0.05, 0.1) is 6.61 Å². The van der Waals surface area contributed by atoms with Gasteiger partial charge < -0.3 is 29.9 Å². The lowest BCUT2D eigenvalue weighted by Crippen LogP contribution is -2.59. The molecule has 0 spiro atoms. The predicted molar refractivity (Wildman–Crippen MR) is 110 cm³/mol. The molecule has 1 fully saturated rings. The van der Waals surface area contributed by atoms with Crippen LogP contribution in [0.25, 0.3) is 0 Å². The van der Waals surface area contributed by atoms with Crippen LogP contribution in [0.4, 0.5) is 0 Å². The lowest BCUT2D eigenvalue weighted by molar-refractivity contribution is -0.289. The Balaban J connectivity index is 2.02. The maximum Gasteiger partial charge on any atom is 0.306 e. The van der Waals surface area contributed by atoms with Gasteiger partial charge in [0.15, 0.2) is 12.4 Å². The number of hydrogen-bond donors (Lipinski definition) is 4. The average Bonchev–Trinajstić information content (AvgIpc) is 2.71. The summed E-state index contributed by atoms with van der Waals surface area (Å²) in [5.41, 5.74) is 0. The standard InChI is InChI=1S/C22H42O7/c1-2-3-4-5-6-7-8-9-10-11-12-13-14-15-18(24)29-21-17(16-23)28-22(27)20(26)19(21)25/h17,19-23,25-27H,2-16H2,1H3/t17-,19-,20-,21-,22+/m1/s1. The molecule has 0 amide bonds. The molecular formula is C22H42O7. The van der Waals surface area contributed by atoms with Gasteiger partial charge >= 0.3 is 5.97 Å². The zero-order valence-electron chi connectivity index (χ0n) is 18.0. The normalized spacial score (nSPS) is 27.1. The summed E-state index contributed by atoms with van der Waals surface area (Å²) in [5, 5.41) is 38.3. The van der Waals surface area contributed by atoms with E-state index in [4.69, 9.17) is 9.47 Å². The van der Waals surface area contributed by atoms with Crippen LogP contribution < -0.4 is 0 Å². The van der Waals surface area contributed by atoms with E-state index in [0.717, 1.165) is 12.8 Å². The molecule has 5 atom stereocenters. The molecule has 172 valence electrons. The molecule has 1 saturated heterocycles. The van der Waals surface area contributed by atoms with Crippen LogP contribution in [0.2, 0.25) is 0 Å². The highest BCUT2D eigenvalue weighted by Gasteiger charge is 2.45. The van der Waals surface area contributed by atoms with Gasteiger partial charge in [-0.15, -0.1) is 0 Å². The summed E-state index contributed by atoms with van der Waals surface area (Å²) in [6.45, 7) is 1.71. The zero-order valence-corrected chi connectivity index (χ0v) is 18.0. The van der Waals surface area contributed by atoms with Crippen molar-refractivity contribution in [3.05, 3.63) is 0 Å². The molecule has 7 heteroatoms. The minimum atomic E-state index is -1.61. The van der Waals surface area contributed by atoms with Gasteiger partial charge in [0.25, 0.3) is 0 Å². The molecule has 7 nitrogen and oxygen atoms in total. The number of carbonyl (C=O) groups is 1. The number of esters is 1. The van der Waals surface area contributed by atoms with Crippen LogP contribution in [-0.2, 0) is 14.3 Å². The Labute approximate surface area is 175 Å². The quantitative estimate of drug-likeness (QED) is 0.225. The fourth-order valence-corrected chi connectivity index (χ4v) is 3.71. The van der Waals surface area contributed by atoms with Crippen molar-refractivity contribution in [2.45, 2.75) is 128 Å². The first-order valence-corrected chi connectivity index (χ1v) is 11.5. The topological polar surface area (TPSA) is 116 Å². The lowest BCUT2D eigenvalue weighted by Gasteiger charge is -2.39. The molecule has 0 unspecified atom stereocenters. The second-order valence-corrected chi connectivity index (χ2v) is 8.18. The van der Waals surface area contributed by atoms with E-state index >= 15 is 0 Å². The third-order valence-electron chi connectivity index (χ3n) is 5.59. The SMILES string of the molecule is CCCCCCCCCCCCCCCC(=O)O[C@H]1[C@H](O)[C@@H](O)[C@@H](O)O[C@@H]1CO. The van der Waals surface area contributed by atoms with Gasteiger partial charge in [-0.1, -0.05) is 84.0 Å². The van der Waals surface area contributed by atoms with Gasteiger partial charge in [-0.05, 0) is 6.42 Å². The average molecular weight is 419 g/mol. The van der Waals surface area contributed by atoms with Crippen molar-refractivity contribution < 1.29 is 34.7 Å². The first-order chi connectivity index (χ1) is 14.0. The van der Waals surface area contributed by atoms with E-state index in [-0.39, 0.29) is 6.42 Å². The third-order valence-corrected chi connectivity index (χ3v) is 5.59. The Morgan fingerprint density at radius 2 is 1.28 bits per heavy atom. The minimum absolute atomic E-state index is 0.220. The van der Waals surface area contributed by atoms with E-state index in [1.807, 2.05) is 0 Å². The van der Waals surface area contributed by atoms with Gasteiger partial charge in [0.1, 0.15) is 18.3 Å². The van der Waals surface area contributed by atoms with E-state index in [1.165, 1.54) is 64.2 Å². The van der Waals surface area contributed by atoms with E-state index in [9.17, 15) is 25.2 Å². The number of carbonyl (C=O) groups excluding carboxylic acids is 1. The Kier molecular flexibility index (Phi) is 14.5. The van der Waals surface area contributed by atoms with Crippen molar-refractivity contribution in [2.75, 3.05) is 6.61 Å². The second kappa shape index (κ2) is 16.0. The molecule has 0 bridgehead atoms. The molecule has 0 radical (unpaired) electrons. The van der Waals surface area contributed by atoms with Crippen molar-refractivity contribution in [2.24, 2.45) is 0 Å². The zero-order chi connectivity index (χ0) is 21.5. The van der Waals surface area contributed by atoms with Crippen molar-refractivity contribution in [1.82, 2.24) is 0 Å². The highest BCUT2D eigenvalue weighted by molar-refractivity contribution is 5.69. The van der Waals surface area contributed by atoms with E-state index in [2.05, 4.69) is 6.92 Å². The molecule has 1 rings (SSSR count). The van der Waals surface area contributed by atoms with Gasteiger partial charge in [0.2, 0.25) is 0 Å². The number of aliphatic hydroxyl groups excluding tert-OH is 4. The van der Waals surface area contributed by atoms with Gasteiger partial charge in [-0.25, -0.2) is 0 Å². The minimum Gasteiger partial charge on any atom is -0.457 e. The molecule has 29 heavy (non-hydrogen) atoms. The van der Waals surface area contributed by atoms with Crippen molar-refractivity contribution in [1.29, 1.82) is 0 Å². The van der Waals surface area contributed by atoms with Gasteiger partial charge in [0, 0.05) is 6.42 Å². The van der Waals surface area contributed by atoms with Crippen molar-refractivity contribution >= 4 is 5.97 Å². The molecule has 0 aliphatic carbocycles. The largest absolute Gasteiger partial charge is 0.457 e. The smallest absolute Gasteiger partial charge is 0.306 e. The molecule has 1 aliphatic rings. The van der Waals surface area contributed by atoms with Crippen LogP contribution >= 0.6 is 0 Å². The Morgan fingerprint density at radius 1 is 0.793 bits per heavy atom. The van der Waals surface area contributed by atoms with Gasteiger partial charge in [-0.3, -0.25) is 4.79 Å². The third kappa shape index (κ3) is 10.7. The van der Waals surface area contributed by atoms with Crippen molar-refractivity contribution in [3.63, 3.8) is 0 Å². The summed E-state index contributed by atoms with van der Waals surface area (Å²) >= 11 is 0. The Bertz CT molecular complexity index is 416. The maximum absolute atomic E-state index is 12.0.